The summed E-state index contributed by atoms with van der Waals surface area (Å²) in [4.78, 5) is 11.6. The van der Waals surface area contributed by atoms with Gasteiger partial charge in [0.1, 0.15) is 5.82 Å². The van der Waals surface area contributed by atoms with E-state index in [0.717, 1.165) is 57.5 Å². The van der Waals surface area contributed by atoms with Crippen LogP contribution in [0.5, 0.6) is 0 Å². The number of hydrazine groups is 2. The van der Waals surface area contributed by atoms with Crippen molar-refractivity contribution in [3.63, 3.8) is 0 Å². The van der Waals surface area contributed by atoms with Gasteiger partial charge in [-0.05, 0) is 52.6 Å². The lowest BCUT2D eigenvalue weighted by atomic mass is 10.1. The summed E-state index contributed by atoms with van der Waals surface area (Å²) in [7, 11) is 0. The number of likely N-dealkylation sites (tertiary alicyclic amines) is 1. The Balaban J connectivity index is 2.92. The fraction of sp³-hybridized carbons (Fsp3) is 0.800. The van der Waals surface area contributed by atoms with Gasteiger partial charge in [0.05, 0.1) is 6.54 Å². The maximum atomic E-state index is 6.43. The number of hydrogen-bond acceptors (Lipinski definition) is 5. The molecule has 1 aliphatic heterocycles. The monoisotopic (exact) mass is 379 g/mol. The SMILES string of the molecule is C=C(/N=C(\N=C(C)C)N(N)C(CCC)CCC)N(N)CC1CCCN1CC. The first kappa shape index (κ1) is 23.6. The molecule has 0 radical (unpaired) electrons. The highest BCUT2D eigenvalue weighted by atomic mass is 15.5. The Bertz CT molecular complexity index is 504. The van der Waals surface area contributed by atoms with Crippen LogP contribution in [-0.2, 0) is 0 Å². The summed E-state index contributed by atoms with van der Waals surface area (Å²) >= 11 is 0. The molecule has 27 heavy (non-hydrogen) atoms. The van der Waals surface area contributed by atoms with E-state index in [1.807, 2.05) is 13.8 Å². The lowest BCUT2D eigenvalue weighted by Crippen LogP contribution is -2.46. The van der Waals surface area contributed by atoms with Crippen molar-refractivity contribution in [2.75, 3.05) is 19.6 Å². The van der Waals surface area contributed by atoms with Crippen molar-refractivity contribution >= 4 is 11.7 Å². The minimum Gasteiger partial charge on any atom is -0.299 e. The number of hydrogen-bond donors (Lipinski definition) is 2. The molecule has 1 unspecified atom stereocenters. The summed E-state index contributed by atoms with van der Waals surface area (Å²) in [5.74, 6) is 13.7. The molecule has 1 heterocycles. The van der Waals surface area contributed by atoms with Gasteiger partial charge in [0.15, 0.2) is 0 Å². The van der Waals surface area contributed by atoms with Crippen LogP contribution in [0.4, 0.5) is 0 Å². The number of guanidine groups is 1. The predicted molar refractivity (Wildman–Crippen MR) is 116 cm³/mol. The van der Waals surface area contributed by atoms with Crippen molar-refractivity contribution in [1.82, 2.24) is 14.9 Å². The lowest BCUT2D eigenvalue weighted by Gasteiger charge is -2.30. The first-order valence-electron chi connectivity index (χ1n) is 10.4. The fourth-order valence-corrected chi connectivity index (χ4v) is 3.62. The average molecular weight is 380 g/mol. The molecule has 1 rings (SSSR count). The van der Waals surface area contributed by atoms with Crippen LogP contribution < -0.4 is 11.7 Å². The van der Waals surface area contributed by atoms with E-state index in [-0.39, 0.29) is 6.04 Å². The summed E-state index contributed by atoms with van der Waals surface area (Å²) in [6.07, 6.45) is 6.54. The van der Waals surface area contributed by atoms with Gasteiger partial charge in [-0.25, -0.2) is 16.7 Å². The van der Waals surface area contributed by atoms with Gasteiger partial charge in [0.25, 0.3) is 0 Å². The van der Waals surface area contributed by atoms with E-state index in [2.05, 4.69) is 42.2 Å². The number of likely N-dealkylation sites (N-methyl/N-ethyl adjacent to an activating group) is 1. The average Bonchev–Trinajstić information content (AvgIpc) is 3.06. The van der Waals surface area contributed by atoms with Crippen LogP contribution in [0.2, 0.25) is 0 Å². The second kappa shape index (κ2) is 12.1. The Morgan fingerprint density at radius 2 is 1.78 bits per heavy atom. The molecule has 0 aromatic carbocycles. The Morgan fingerprint density at radius 1 is 1.15 bits per heavy atom. The van der Waals surface area contributed by atoms with Gasteiger partial charge < -0.3 is 0 Å². The highest BCUT2D eigenvalue weighted by Crippen LogP contribution is 2.18. The largest absolute Gasteiger partial charge is 0.299 e. The van der Waals surface area contributed by atoms with E-state index in [4.69, 9.17) is 11.7 Å². The number of rotatable bonds is 10. The molecule has 0 aliphatic carbocycles. The predicted octanol–water partition coefficient (Wildman–Crippen LogP) is 3.10. The minimum atomic E-state index is 0.214. The second-order valence-corrected chi connectivity index (χ2v) is 7.60. The van der Waals surface area contributed by atoms with Gasteiger partial charge in [-0.3, -0.25) is 14.9 Å². The summed E-state index contributed by atoms with van der Waals surface area (Å²) in [5.41, 5.74) is 0.903. The van der Waals surface area contributed by atoms with Crippen LogP contribution in [0.25, 0.3) is 0 Å². The van der Waals surface area contributed by atoms with E-state index in [1.165, 1.54) is 6.42 Å². The maximum absolute atomic E-state index is 6.43. The molecule has 0 saturated carbocycles. The molecule has 7 heteroatoms. The zero-order chi connectivity index (χ0) is 20.4. The van der Waals surface area contributed by atoms with Gasteiger partial charge in [0.2, 0.25) is 5.96 Å². The maximum Gasteiger partial charge on any atom is 0.241 e. The zero-order valence-corrected chi connectivity index (χ0v) is 18.1. The van der Waals surface area contributed by atoms with Gasteiger partial charge in [-0.2, -0.15) is 4.99 Å². The first-order chi connectivity index (χ1) is 12.8. The molecule has 4 N–H and O–H groups in total. The quantitative estimate of drug-likeness (QED) is 0.264. The zero-order valence-electron chi connectivity index (χ0n) is 18.1. The summed E-state index contributed by atoms with van der Waals surface area (Å²) in [5, 5.41) is 3.34. The molecule has 1 atom stereocenters. The van der Waals surface area contributed by atoms with Gasteiger partial charge in [-0.15, -0.1) is 0 Å². The van der Waals surface area contributed by atoms with Crippen LogP contribution in [0.3, 0.4) is 0 Å². The molecule has 0 spiro atoms. The Labute approximate surface area is 166 Å². The van der Waals surface area contributed by atoms with Crippen molar-refractivity contribution < 1.29 is 0 Å². The number of nitrogens with zero attached hydrogens (tertiary/aromatic N) is 5. The van der Waals surface area contributed by atoms with Crippen molar-refractivity contribution in [3.05, 3.63) is 12.4 Å². The summed E-state index contributed by atoms with van der Waals surface area (Å²) < 4.78 is 0. The smallest absolute Gasteiger partial charge is 0.241 e. The molecule has 0 aromatic heterocycles. The molecule has 0 bridgehead atoms. The molecule has 1 fully saturated rings. The number of nitrogens with two attached hydrogens (primary N) is 2. The van der Waals surface area contributed by atoms with E-state index < -0.39 is 0 Å². The molecule has 0 amide bonds. The Hall–Kier alpha value is -1.44. The third-order valence-corrected chi connectivity index (χ3v) is 5.07. The van der Waals surface area contributed by atoms with E-state index in [1.54, 1.807) is 10.0 Å². The molecule has 1 saturated heterocycles. The first-order valence-corrected chi connectivity index (χ1v) is 10.4. The third kappa shape index (κ3) is 7.60. The van der Waals surface area contributed by atoms with Crippen LogP contribution in [-0.4, -0.2) is 58.3 Å². The van der Waals surface area contributed by atoms with Gasteiger partial charge >= 0.3 is 0 Å². The third-order valence-electron chi connectivity index (χ3n) is 5.07. The van der Waals surface area contributed by atoms with Crippen molar-refractivity contribution in [2.24, 2.45) is 21.7 Å². The van der Waals surface area contributed by atoms with E-state index >= 15 is 0 Å². The standard InChI is InChI=1S/C20H41N7/c1-7-11-18(12-8-2)27(22)20(23-16(4)5)24-17(6)26(21)15-19-13-10-14-25(19)9-3/h18-19H,6-15,21-22H2,1-5H3/b24-20+. The van der Waals surface area contributed by atoms with E-state index in [9.17, 15) is 0 Å². The van der Waals surface area contributed by atoms with Crippen LogP contribution in [0, 0.1) is 0 Å². The summed E-state index contributed by atoms with van der Waals surface area (Å²) in [6, 6.07) is 0.667. The highest BCUT2D eigenvalue weighted by Gasteiger charge is 2.25. The van der Waals surface area contributed by atoms with Crippen LogP contribution in [0.15, 0.2) is 22.4 Å². The molecule has 1 aliphatic rings. The van der Waals surface area contributed by atoms with Crippen LogP contribution in [0.1, 0.15) is 73.1 Å². The number of aliphatic imine (C=N–C) groups is 2. The van der Waals surface area contributed by atoms with Gasteiger partial charge in [-0.1, -0.05) is 40.2 Å². The lowest BCUT2D eigenvalue weighted by molar-refractivity contribution is 0.204. The molecule has 0 aromatic rings. The Morgan fingerprint density at radius 3 is 2.30 bits per heavy atom. The van der Waals surface area contributed by atoms with E-state index in [0.29, 0.717) is 17.8 Å². The summed E-state index contributed by atoms with van der Waals surface area (Å²) in [6.45, 7) is 17.4. The van der Waals surface area contributed by atoms with Crippen molar-refractivity contribution in [3.8, 4) is 0 Å². The topological polar surface area (TPSA) is 86.5 Å². The van der Waals surface area contributed by atoms with Gasteiger partial charge in [0, 0.05) is 17.8 Å². The van der Waals surface area contributed by atoms with Crippen molar-refractivity contribution in [1.29, 1.82) is 0 Å². The molecular weight excluding hydrogens is 338 g/mol. The fourth-order valence-electron chi connectivity index (χ4n) is 3.62. The second-order valence-electron chi connectivity index (χ2n) is 7.60. The molecule has 7 nitrogen and oxygen atoms in total. The minimum absolute atomic E-state index is 0.214. The van der Waals surface area contributed by atoms with Crippen LogP contribution >= 0.6 is 0 Å². The highest BCUT2D eigenvalue weighted by molar-refractivity contribution is 5.95. The van der Waals surface area contributed by atoms with Crippen molar-refractivity contribution in [2.45, 2.75) is 85.2 Å². The molecule has 156 valence electrons. The Kier molecular flexibility index (Phi) is 10.6. The normalized spacial score (nSPS) is 18.1. The molecular formula is C20H41N7.